The fourth-order valence-electron chi connectivity index (χ4n) is 6.40. The number of unbranched alkanes of at least 4 members (excludes halogenated alkanes) is 1. The molecule has 1 aromatic heterocycles. The number of rotatable bonds is 18. The van der Waals surface area contributed by atoms with Crippen LogP contribution >= 0.6 is 0 Å². The molecule has 3 amide bonds. The number of aromatic nitrogens is 1. The molecule has 3 N–H and O–H groups in total. The molecule has 2 heterocycles. The average molecular weight is 808 g/mol. The maximum absolute atomic E-state index is 13.6. The lowest BCUT2D eigenvalue weighted by Crippen LogP contribution is -2.49. The Hall–Kier alpha value is -5.02. The molecule has 0 aliphatic carbocycles. The van der Waals surface area contributed by atoms with Gasteiger partial charge in [0, 0.05) is 37.3 Å². The van der Waals surface area contributed by atoms with Gasteiger partial charge in [0.05, 0.1) is 18.6 Å². The number of hydrogen-bond acceptors (Lipinski definition) is 10. The highest BCUT2D eigenvalue weighted by atomic mass is 32.2. The molecular weight excluding hydrogens is 751 g/mol. The van der Waals surface area contributed by atoms with Crippen LogP contribution in [0, 0.1) is 13.8 Å². The van der Waals surface area contributed by atoms with Gasteiger partial charge in [0.1, 0.15) is 23.2 Å². The summed E-state index contributed by atoms with van der Waals surface area (Å²) in [5.41, 5.74) is 3.29. The summed E-state index contributed by atoms with van der Waals surface area (Å²) in [6.45, 7) is 11.9. The van der Waals surface area contributed by atoms with Crippen LogP contribution in [0.4, 0.5) is 10.6 Å². The van der Waals surface area contributed by atoms with Crippen molar-refractivity contribution in [2.24, 2.45) is 0 Å². The Balaban J connectivity index is 1.32. The smallest absolute Gasteiger partial charge is 0.416 e. The van der Waals surface area contributed by atoms with Gasteiger partial charge in [-0.25, -0.2) is 18.2 Å². The summed E-state index contributed by atoms with van der Waals surface area (Å²) >= 11 is 0. The second-order valence-electron chi connectivity index (χ2n) is 15.2. The number of carbonyl (C=O) groups excluding carboxylic acids is 4. The van der Waals surface area contributed by atoms with Crippen molar-refractivity contribution in [1.29, 1.82) is 0 Å². The van der Waals surface area contributed by atoms with Gasteiger partial charge in [-0.2, -0.15) is 4.72 Å². The number of aryl methyl sites for hydroxylation is 5. The monoisotopic (exact) mass is 807 g/mol. The number of methoxy groups -OCH3 is 1. The minimum atomic E-state index is -4.25. The number of nitrogens with zero attached hydrogens (tertiary/aromatic N) is 2. The van der Waals surface area contributed by atoms with E-state index in [4.69, 9.17) is 19.2 Å². The minimum Gasteiger partial charge on any atom is -0.494 e. The first-order valence-electron chi connectivity index (χ1n) is 19.5. The largest absolute Gasteiger partial charge is 0.494 e. The van der Waals surface area contributed by atoms with Crippen LogP contribution in [0.2, 0.25) is 0 Å². The van der Waals surface area contributed by atoms with Crippen LogP contribution < -0.4 is 25.0 Å². The van der Waals surface area contributed by atoms with Gasteiger partial charge in [0.15, 0.2) is 0 Å². The predicted octanol–water partition coefficient (Wildman–Crippen LogP) is 5.50. The second kappa shape index (κ2) is 20.4. The number of fused-ring (bicyclic) bond motifs is 1. The molecule has 0 radical (unpaired) electrons. The van der Waals surface area contributed by atoms with Crippen LogP contribution in [-0.2, 0) is 48.3 Å². The third kappa shape index (κ3) is 13.3. The van der Waals surface area contributed by atoms with E-state index in [-0.39, 0.29) is 24.0 Å². The topological polar surface area (TPSA) is 182 Å². The zero-order valence-electron chi connectivity index (χ0n) is 34.2. The highest BCUT2D eigenvalue weighted by Crippen LogP contribution is 2.28. The molecule has 4 rings (SSSR count). The van der Waals surface area contributed by atoms with Crippen LogP contribution in [0.15, 0.2) is 53.4 Å². The first-order chi connectivity index (χ1) is 27.0. The maximum Gasteiger partial charge on any atom is 0.416 e. The Kier molecular flexibility index (Phi) is 16.0. The van der Waals surface area contributed by atoms with Crippen LogP contribution in [0.1, 0.15) is 98.1 Å². The van der Waals surface area contributed by atoms with Gasteiger partial charge >= 0.3 is 12.1 Å². The van der Waals surface area contributed by atoms with E-state index >= 15 is 0 Å². The van der Waals surface area contributed by atoms with E-state index in [1.165, 1.54) is 0 Å². The molecule has 0 unspecified atom stereocenters. The second-order valence-corrected chi connectivity index (χ2v) is 16.8. The number of nitrogens with one attached hydrogen (secondary N) is 3. The van der Waals surface area contributed by atoms with Crippen molar-refractivity contribution in [3.8, 4) is 5.75 Å². The van der Waals surface area contributed by atoms with Crippen LogP contribution in [-0.4, -0.2) is 82.3 Å². The molecule has 0 fully saturated rings. The molecular formula is C42H57N5O9S. The van der Waals surface area contributed by atoms with Gasteiger partial charge in [0.2, 0.25) is 15.9 Å². The standard InChI is InChI=1S/C42H57N5O9S/c1-8-9-22-43-36(48)13-11-24-55-34-25-28(2)37(29(3)26-34)57(52,53)46-35(40(50)54-7)27-44-39(49)32-17-14-30(15-18-32)16-20-33-21-19-31-12-10-23-47(38(31)45-33)41(51)56-42(4,5)6/h14-15,17-19,21,25-26,35,46H,8-13,16,20,22-24,27H2,1-7H3,(H,43,48)(H,44,49)/t35-/m0/s1. The number of benzene rings is 2. The zero-order chi connectivity index (χ0) is 41.8. The Labute approximate surface area is 336 Å². The highest BCUT2D eigenvalue weighted by Gasteiger charge is 2.31. The lowest BCUT2D eigenvalue weighted by molar-refractivity contribution is -0.142. The first kappa shape index (κ1) is 44.7. The lowest BCUT2D eigenvalue weighted by atomic mass is 10.0. The fraction of sp³-hybridized carbons (Fsp3) is 0.500. The maximum atomic E-state index is 13.6. The number of esters is 1. The normalized spacial score (nSPS) is 13.3. The van der Waals surface area contributed by atoms with Crippen molar-refractivity contribution in [3.63, 3.8) is 0 Å². The van der Waals surface area contributed by atoms with Gasteiger partial charge in [-0.15, -0.1) is 0 Å². The van der Waals surface area contributed by atoms with E-state index in [9.17, 15) is 27.6 Å². The number of ether oxygens (including phenoxy) is 3. The first-order valence-corrected chi connectivity index (χ1v) is 21.0. The van der Waals surface area contributed by atoms with Gasteiger partial charge in [-0.3, -0.25) is 19.3 Å². The molecule has 14 nitrogen and oxygen atoms in total. The Morgan fingerprint density at radius 1 is 0.947 bits per heavy atom. The van der Waals surface area contributed by atoms with Gasteiger partial charge in [-0.1, -0.05) is 31.5 Å². The molecule has 1 aliphatic rings. The molecule has 57 heavy (non-hydrogen) atoms. The van der Waals surface area contributed by atoms with Gasteiger partial charge in [0.25, 0.3) is 5.91 Å². The summed E-state index contributed by atoms with van der Waals surface area (Å²) in [6, 6.07) is 12.7. The van der Waals surface area contributed by atoms with Crippen molar-refractivity contribution in [2.45, 2.75) is 109 Å². The molecule has 0 saturated carbocycles. The number of carbonyl (C=O) groups is 4. The molecule has 310 valence electrons. The van der Waals surface area contributed by atoms with Crippen molar-refractivity contribution in [3.05, 3.63) is 82.0 Å². The number of sulfonamides is 1. The number of hydrogen-bond donors (Lipinski definition) is 3. The van der Waals surface area contributed by atoms with E-state index in [0.717, 1.165) is 49.6 Å². The van der Waals surface area contributed by atoms with Crippen molar-refractivity contribution in [2.75, 3.05) is 38.3 Å². The molecule has 1 atom stereocenters. The van der Waals surface area contributed by atoms with Crippen molar-refractivity contribution < 1.29 is 41.8 Å². The fourth-order valence-corrected chi connectivity index (χ4v) is 8.04. The van der Waals surface area contributed by atoms with Crippen molar-refractivity contribution in [1.82, 2.24) is 20.3 Å². The quantitative estimate of drug-likeness (QED) is 0.110. The minimum absolute atomic E-state index is 0.0214. The predicted molar refractivity (Wildman–Crippen MR) is 217 cm³/mol. The molecule has 15 heteroatoms. The average Bonchev–Trinajstić information content (AvgIpc) is 3.15. The molecule has 3 aromatic rings. The zero-order valence-corrected chi connectivity index (χ0v) is 35.0. The lowest BCUT2D eigenvalue weighted by Gasteiger charge is -2.31. The number of pyridine rings is 1. The molecule has 0 bridgehead atoms. The van der Waals surface area contributed by atoms with E-state index < -0.39 is 39.6 Å². The van der Waals surface area contributed by atoms with E-state index in [2.05, 4.69) is 22.3 Å². The molecule has 0 saturated heterocycles. The summed E-state index contributed by atoms with van der Waals surface area (Å²) in [6.07, 6.45) is 5.25. The van der Waals surface area contributed by atoms with Gasteiger partial charge in [-0.05, 0) is 126 Å². The van der Waals surface area contributed by atoms with Crippen molar-refractivity contribution >= 4 is 39.7 Å². The van der Waals surface area contributed by atoms with E-state index in [1.807, 2.05) is 45.0 Å². The van der Waals surface area contributed by atoms with E-state index in [0.29, 0.717) is 67.0 Å². The van der Waals surface area contributed by atoms with Crippen LogP contribution in [0.3, 0.4) is 0 Å². The Morgan fingerprint density at radius 2 is 1.65 bits per heavy atom. The van der Waals surface area contributed by atoms with E-state index in [1.54, 1.807) is 43.0 Å². The number of amides is 3. The summed E-state index contributed by atoms with van der Waals surface area (Å²) in [7, 11) is -3.11. The Morgan fingerprint density at radius 3 is 2.30 bits per heavy atom. The summed E-state index contributed by atoms with van der Waals surface area (Å²) in [5, 5.41) is 5.51. The summed E-state index contributed by atoms with van der Waals surface area (Å²) in [5.74, 6) is -0.314. The highest BCUT2D eigenvalue weighted by molar-refractivity contribution is 7.89. The SMILES string of the molecule is CCCCNC(=O)CCCOc1cc(C)c(S(=O)(=O)N[C@@H](CNC(=O)c2ccc(CCc3ccc4c(n3)N(C(=O)OC(C)(C)C)CCC4)cc2)C(=O)OC)c(C)c1. The third-order valence-corrected chi connectivity index (χ3v) is 11.0. The van der Waals surface area contributed by atoms with Crippen LogP contribution in [0.25, 0.3) is 0 Å². The number of anilines is 1. The summed E-state index contributed by atoms with van der Waals surface area (Å²) in [4.78, 5) is 57.0. The van der Waals surface area contributed by atoms with Crippen LogP contribution in [0.5, 0.6) is 5.75 Å². The van der Waals surface area contributed by atoms with Gasteiger partial charge < -0.3 is 24.8 Å². The third-order valence-electron chi connectivity index (χ3n) is 9.22. The molecule has 0 spiro atoms. The Bertz CT molecular complexity index is 1970. The summed E-state index contributed by atoms with van der Waals surface area (Å²) < 4.78 is 45.9. The molecule has 1 aliphatic heterocycles. The molecule has 2 aromatic carbocycles.